The first kappa shape index (κ1) is 18.9. The number of carbonyl (C=O) groups excluding carboxylic acids is 1. The lowest BCUT2D eigenvalue weighted by atomic mass is 10.2. The normalized spacial score (nSPS) is 15.6. The van der Waals surface area contributed by atoms with Crippen LogP contribution in [0, 0.1) is 0 Å². The van der Waals surface area contributed by atoms with E-state index in [1.165, 1.54) is 11.1 Å². The number of aromatic nitrogens is 1. The molecule has 1 amide bonds. The van der Waals surface area contributed by atoms with Crippen LogP contribution in [-0.4, -0.2) is 52.6 Å². The standard InChI is InChI=1S/C21H27N3OS/c25-21(9-15-26-18-19-6-2-1-3-7-19)24-12-5-11-23(13-14-24)17-20-8-4-10-22-16-20/h1-4,6-8,10,16H,5,9,11-15,17-18H2. The van der Waals surface area contributed by atoms with E-state index in [0.717, 1.165) is 50.7 Å². The van der Waals surface area contributed by atoms with Crippen molar-refractivity contribution in [3.63, 3.8) is 0 Å². The highest BCUT2D eigenvalue weighted by molar-refractivity contribution is 7.98. The molecule has 5 heteroatoms. The molecule has 1 aliphatic rings. The van der Waals surface area contributed by atoms with Crippen LogP contribution in [-0.2, 0) is 17.1 Å². The molecule has 1 aliphatic heterocycles. The second kappa shape index (κ2) is 10.3. The third kappa shape index (κ3) is 6.15. The van der Waals surface area contributed by atoms with E-state index in [2.05, 4.69) is 40.2 Å². The van der Waals surface area contributed by atoms with Gasteiger partial charge >= 0.3 is 0 Å². The molecule has 0 atom stereocenters. The summed E-state index contributed by atoms with van der Waals surface area (Å²) in [4.78, 5) is 21.2. The van der Waals surface area contributed by atoms with Gasteiger partial charge in [0.1, 0.15) is 0 Å². The van der Waals surface area contributed by atoms with E-state index in [-0.39, 0.29) is 0 Å². The van der Waals surface area contributed by atoms with Gasteiger partial charge in [-0.15, -0.1) is 0 Å². The van der Waals surface area contributed by atoms with Crippen LogP contribution in [0.4, 0.5) is 0 Å². The van der Waals surface area contributed by atoms with Gasteiger partial charge in [-0.25, -0.2) is 0 Å². The van der Waals surface area contributed by atoms with E-state index in [9.17, 15) is 4.79 Å². The van der Waals surface area contributed by atoms with Gasteiger partial charge in [0, 0.05) is 63.0 Å². The molecule has 3 rings (SSSR count). The van der Waals surface area contributed by atoms with Gasteiger partial charge in [0.05, 0.1) is 0 Å². The van der Waals surface area contributed by atoms with E-state index in [0.29, 0.717) is 12.3 Å². The van der Waals surface area contributed by atoms with Gasteiger partial charge in [0.25, 0.3) is 0 Å². The fourth-order valence-electron chi connectivity index (χ4n) is 3.21. The molecule has 1 aromatic heterocycles. The Kier molecular flexibility index (Phi) is 7.52. The molecule has 4 nitrogen and oxygen atoms in total. The van der Waals surface area contributed by atoms with Gasteiger partial charge in [0.15, 0.2) is 0 Å². The molecule has 2 heterocycles. The second-order valence-corrected chi connectivity index (χ2v) is 7.77. The average Bonchev–Trinajstić information content (AvgIpc) is 2.92. The molecule has 0 aliphatic carbocycles. The molecule has 0 saturated carbocycles. The number of thioether (sulfide) groups is 1. The summed E-state index contributed by atoms with van der Waals surface area (Å²) in [5, 5.41) is 0. The zero-order chi connectivity index (χ0) is 18.0. The Morgan fingerprint density at radius 3 is 2.65 bits per heavy atom. The fraction of sp³-hybridized carbons (Fsp3) is 0.429. The van der Waals surface area contributed by atoms with Gasteiger partial charge < -0.3 is 4.90 Å². The third-order valence-electron chi connectivity index (χ3n) is 4.64. The number of nitrogens with zero attached hydrogens (tertiary/aromatic N) is 3. The van der Waals surface area contributed by atoms with Gasteiger partial charge in [-0.2, -0.15) is 11.8 Å². The summed E-state index contributed by atoms with van der Waals surface area (Å²) in [6.07, 6.45) is 5.42. The van der Waals surface area contributed by atoms with Crippen LogP contribution in [0.3, 0.4) is 0 Å². The van der Waals surface area contributed by atoms with Crippen molar-refractivity contribution < 1.29 is 4.79 Å². The molecule has 2 aromatic rings. The van der Waals surface area contributed by atoms with Crippen LogP contribution in [0.15, 0.2) is 54.9 Å². The van der Waals surface area contributed by atoms with Crippen molar-refractivity contribution in [3.8, 4) is 0 Å². The Labute approximate surface area is 160 Å². The number of rotatable bonds is 7. The van der Waals surface area contributed by atoms with Crippen LogP contribution in [0.25, 0.3) is 0 Å². The van der Waals surface area contributed by atoms with Gasteiger partial charge in [0.2, 0.25) is 5.91 Å². The predicted octanol–water partition coefficient (Wildman–Crippen LogP) is 3.44. The minimum atomic E-state index is 0.300. The summed E-state index contributed by atoms with van der Waals surface area (Å²) in [5.41, 5.74) is 2.57. The van der Waals surface area contributed by atoms with Crippen molar-refractivity contribution in [1.82, 2.24) is 14.8 Å². The zero-order valence-corrected chi connectivity index (χ0v) is 16.0. The Morgan fingerprint density at radius 2 is 1.85 bits per heavy atom. The molecule has 138 valence electrons. The van der Waals surface area contributed by atoms with E-state index in [1.54, 1.807) is 0 Å². The second-order valence-electron chi connectivity index (χ2n) is 6.66. The Hall–Kier alpha value is -1.85. The molecule has 1 fully saturated rings. The Morgan fingerprint density at radius 1 is 1.00 bits per heavy atom. The van der Waals surface area contributed by atoms with Crippen molar-refractivity contribution in [2.24, 2.45) is 0 Å². The summed E-state index contributed by atoms with van der Waals surface area (Å²) in [6, 6.07) is 14.5. The predicted molar refractivity (Wildman–Crippen MR) is 108 cm³/mol. The topological polar surface area (TPSA) is 36.4 Å². The Balaban J connectivity index is 1.37. The van der Waals surface area contributed by atoms with Crippen molar-refractivity contribution in [1.29, 1.82) is 0 Å². The minimum absolute atomic E-state index is 0.300. The van der Waals surface area contributed by atoms with Crippen LogP contribution >= 0.6 is 11.8 Å². The molecule has 0 bridgehead atoms. The lowest BCUT2D eigenvalue weighted by molar-refractivity contribution is -0.130. The number of amides is 1. The van der Waals surface area contributed by atoms with Crippen molar-refractivity contribution in [2.75, 3.05) is 31.9 Å². The lowest BCUT2D eigenvalue weighted by Crippen LogP contribution is -2.35. The average molecular weight is 370 g/mol. The highest BCUT2D eigenvalue weighted by Crippen LogP contribution is 2.14. The fourth-order valence-corrected chi connectivity index (χ4v) is 4.10. The first-order valence-electron chi connectivity index (χ1n) is 9.32. The van der Waals surface area contributed by atoms with E-state index in [4.69, 9.17) is 0 Å². The van der Waals surface area contributed by atoms with Crippen LogP contribution in [0.5, 0.6) is 0 Å². The summed E-state index contributed by atoms with van der Waals surface area (Å²) < 4.78 is 0. The SMILES string of the molecule is O=C(CCSCc1ccccc1)N1CCCN(Cc2cccnc2)CC1. The van der Waals surface area contributed by atoms with Crippen molar-refractivity contribution in [2.45, 2.75) is 25.1 Å². The molecule has 0 unspecified atom stereocenters. The Bertz CT molecular complexity index is 665. The van der Waals surface area contributed by atoms with Crippen LogP contribution in [0.1, 0.15) is 24.0 Å². The molecule has 26 heavy (non-hydrogen) atoms. The molecule has 1 aromatic carbocycles. The number of benzene rings is 1. The maximum atomic E-state index is 12.5. The largest absolute Gasteiger partial charge is 0.341 e. The molecular weight excluding hydrogens is 342 g/mol. The number of hydrogen-bond donors (Lipinski definition) is 0. The van der Waals surface area contributed by atoms with E-state index >= 15 is 0 Å². The summed E-state index contributed by atoms with van der Waals surface area (Å²) in [7, 11) is 0. The lowest BCUT2D eigenvalue weighted by Gasteiger charge is -2.22. The minimum Gasteiger partial charge on any atom is -0.341 e. The van der Waals surface area contributed by atoms with E-state index in [1.807, 2.05) is 41.2 Å². The number of hydrogen-bond acceptors (Lipinski definition) is 4. The maximum absolute atomic E-state index is 12.5. The quantitative estimate of drug-likeness (QED) is 0.701. The van der Waals surface area contributed by atoms with Crippen molar-refractivity contribution >= 4 is 17.7 Å². The smallest absolute Gasteiger partial charge is 0.223 e. The first-order valence-corrected chi connectivity index (χ1v) is 10.5. The third-order valence-corrected chi connectivity index (χ3v) is 5.67. The highest BCUT2D eigenvalue weighted by atomic mass is 32.2. The first-order chi connectivity index (χ1) is 12.8. The summed E-state index contributed by atoms with van der Waals surface area (Å²) >= 11 is 1.84. The van der Waals surface area contributed by atoms with Crippen molar-refractivity contribution in [3.05, 3.63) is 66.0 Å². The summed E-state index contributed by atoms with van der Waals surface area (Å²) in [5.74, 6) is 2.17. The summed E-state index contributed by atoms with van der Waals surface area (Å²) in [6.45, 7) is 4.62. The molecule has 0 spiro atoms. The monoisotopic (exact) mass is 369 g/mol. The molecule has 1 saturated heterocycles. The van der Waals surface area contributed by atoms with E-state index < -0.39 is 0 Å². The van der Waals surface area contributed by atoms with Crippen LogP contribution < -0.4 is 0 Å². The van der Waals surface area contributed by atoms with Gasteiger partial charge in [-0.05, 0) is 23.6 Å². The zero-order valence-electron chi connectivity index (χ0n) is 15.2. The molecule has 0 N–H and O–H groups in total. The molecular formula is C21H27N3OS. The van der Waals surface area contributed by atoms with Gasteiger partial charge in [-0.3, -0.25) is 14.7 Å². The number of carbonyl (C=O) groups is 1. The van der Waals surface area contributed by atoms with Gasteiger partial charge in [-0.1, -0.05) is 36.4 Å². The van der Waals surface area contributed by atoms with Crippen LogP contribution in [0.2, 0.25) is 0 Å². The highest BCUT2D eigenvalue weighted by Gasteiger charge is 2.18. The number of pyridine rings is 1. The maximum Gasteiger partial charge on any atom is 0.223 e. The molecule has 0 radical (unpaired) electrons.